The zero-order valence-electron chi connectivity index (χ0n) is 10.5. The van der Waals surface area contributed by atoms with Crippen LogP contribution in [0.1, 0.15) is 28.8 Å². The predicted molar refractivity (Wildman–Crippen MR) is 64.3 cm³/mol. The van der Waals surface area contributed by atoms with Crippen LogP contribution in [0.2, 0.25) is 0 Å². The van der Waals surface area contributed by atoms with Gasteiger partial charge in [-0.2, -0.15) is 0 Å². The number of nitro groups is 1. The van der Waals surface area contributed by atoms with E-state index in [4.69, 9.17) is 4.84 Å². The van der Waals surface area contributed by atoms with Crippen LogP contribution in [0.15, 0.2) is 18.2 Å². The highest BCUT2D eigenvalue weighted by atomic mass is 16.7. The van der Waals surface area contributed by atoms with Crippen molar-refractivity contribution in [1.29, 1.82) is 0 Å². The highest BCUT2D eigenvalue weighted by Gasteiger charge is 2.33. The third-order valence-corrected chi connectivity index (χ3v) is 2.82. The third-order valence-electron chi connectivity index (χ3n) is 2.82. The molecule has 1 saturated heterocycles. The second-order valence-electron chi connectivity index (χ2n) is 4.22. The fourth-order valence-corrected chi connectivity index (χ4v) is 1.78. The molecule has 2 amide bonds. The minimum absolute atomic E-state index is 0.00531. The normalized spacial score (nSPS) is 14.6. The summed E-state index contributed by atoms with van der Waals surface area (Å²) in [5, 5.41) is 11.0. The number of hydrogen-bond donors (Lipinski definition) is 0. The monoisotopic (exact) mass is 278 g/mol. The lowest BCUT2D eigenvalue weighted by molar-refractivity contribution is -0.384. The Bertz CT molecular complexity index is 608. The van der Waals surface area contributed by atoms with Gasteiger partial charge in [-0.15, -0.1) is 5.06 Å². The van der Waals surface area contributed by atoms with Gasteiger partial charge in [-0.05, 0) is 18.6 Å². The number of nitrogens with zero attached hydrogens (tertiary/aromatic N) is 2. The number of imide groups is 1. The number of carbonyl (C=O) groups excluding carboxylic acids is 3. The van der Waals surface area contributed by atoms with Crippen LogP contribution in [0.25, 0.3) is 0 Å². The molecule has 1 fully saturated rings. The van der Waals surface area contributed by atoms with Crippen LogP contribution < -0.4 is 0 Å². The summed E-state index contributed by atoms with van der Waals surface area (Å²) in [6.07, 6.45) is 0.0106. The average Bonchev–Trinajstić information content (AvgIpc) is 2.70. The highest BCUT2D eigenvalue weighted by Crippen LogP contribution is 2.20. The number of nitro benzene ring substituents is 1. The van der Waals surface area contributed by atoms with Crippen molar-refractivity contribution in [2.45, 2.75) is 19.8 Å². The minimum Gasteiger partial charge on any atom is -0.325 e. The van der Waals surface area contributed by atoms with Gasteiger partial charge in [0.05, 0.1) is 10.5 Å². The zero-order chi connectivity index (χ0) is 14.9. The van der Waals surface area contributed by atoms with Gasteiger partial charge in [0.2, 0.25) is 0 Å². The van der Waals surface area contributed by atoms with E-state index in [0.717, 1.165) is 6.07 Å². The predicted octanol–water partition coefficient (Wildman–Crippen LogP) is 1.12. The fraction of sp³-hybridized carbons (Fsp3) is 0.250. The van der Waals surface area contributed by atoms with E-state index < -0.39 is 22.7 Å². The Morgan fingerprint density at radius 1 is 1.30 bits per heavy atom. The molecule has 1 heterocycles. The summed E-state index contributed by atoms with van der Waals surface area (Å²) in [5.74, 6) is -2.06. The van der Waals surface area contributed by atoms with E-state index in [1.807, 2.05) is 0 Å². The fourth-order valence-electron chi connectivity index (χ4n) is 1.78. The van der Waals surface area contributed by atoms with Crippen LogP contribution in [-0.2, 0) is 14.4 Å². The summed E-state index contributed by atoms with van der Waals surface area (Å²) in [6, 6.07) is 3.59. The van der Waals surface area contributed by atoms with E-state index in [2.05, 4.69) is 0 Å². The van der Waals surface area contributed by atoms with Crippen molar-refractivity contribution < 1.29 is 24.1 Å². The summed E-state index contributed by atoms with van der Waals surface area (Å²) >= 11 is 0. The van der Waals surface area contributed by atoms with E-state index >= 15 is 0 Å². The van der Waals surface area contributed by atoms with Gasteiger partial charge in [-0.3, -0.25) is 19.7 Å². The Kier molecular flexibility index (Phi) is 3.47. The standard InChI is InChI=1S/C12H10N2O6/c1-7-6-8(14(18)19)2-3-9(7)12(17)20-13-10(15)4-5-11(13)16/h2-3,6H,4-5H2,1H3. The molecule has 0 saturated carbocycles. The summed E-state index contributed by atoms with van der Waals surface area (Å²) in [5.41, 5.74) is 0.221. The van der Waals surface area contributed by atoms with Crippen molar-refractivity contribution in [2.75, 3.05) is 0 Å². The van der Waals surface area contributed by atoms with E-state index in [1.54, 1.807) is 0 Å². The quantitative estimate of drug-likeness (QED) is 0.466. The molecule has 0 spiro atoms. The number of carbonyl (C=O) groups is 3. The number of aryl methyl sites for hydroxylation is 1. The molecule has 8 heteroatoms. The first-order chi connectivity index (χ1) is 9.40. The molecule has 0 N–H and O–H groups in total. The van der Waals surface area contributed by atoms with Gasteiger partial charge in [-0.25, -0.2) is 4.79 Å². The van der Waals surface area contributed by atoms with Gasteiger partial charge in [0.15, 0.2) is 0 Å². The molecule has 20 heavy (non-hydrogen) atoms. The summed E-state index contributed by atoms with van der Waals surface area (Å²) in [7, 11) is 0. The first-order valence-corrected chi connectivity index (χ1v) is 5.73. The van der Waals surface area contributed by atoms with Crippen molar-refractivity contribution in [2.24, 2.45) is 0 Å². The molecule has 0 atom stereocenters. The lowest BCUT2D eigenvalue weighted by atomic mass is 10.1. The number of benzene rings is 1. The van der Waals surface area contributed by atoms with Gasteiger partial charge < -0.3 is 4.84 Å². The molecule has 8 nitrogen and oxygen atoms in total. The van der Waals surface area contributed by atoms with Gasteiger partial charge in [-0.1, -0.05) is 0 Å². The maximum atomic E-state index is 11.9. The molecule has 0 radical (unpaired) electrons. The van der Waals surface area contributed by atoms with Crippen molar-refractivity contribution >= 4 is 23.5 Å². The van der Waals surface area contributed by atoms with Crippen LogP contribution in [0.4, 0.5) is 5.69 Å². The van der Waals surface area contributed by atoms with Crippen LogP contribution >= 0.6 is 0 Å². The van der Waals surface area contributed by atoms with Gasteiger partial charge in [0.25, 0.3) is 17.5 Å². The molecular formula is C12H10N2O6. The van der Waals surface area contributed by atoms with Crippen LogP contribution in [0.3, 0.4) is 0 Å². The number of hydrogen-bond acceptors (Lipinski definition) is 6. The molecule has 1 aromatic rings. The molecular weight excluding hydrogens is 268 g/mol. The average molecular weight is 278 g/mol. The van der Waals surface area contributed by atoms with Crippen molar-refractivity contribution in [3.05, 3.63) is 39.4 Å². The zero-order valence-corrected chi connectivity index (χ0v) is 10.5. The van der Waals surface area contributed by atoms with Crippen molar-refractivity contribution in [1.82, 2.24) is 5.06 Å². The van der Waals surface area contributed by atoms with E-state index in [9.17, 15) is 24.5 Å². The smallest absolute Gasteiger partial charge is 0.325 e. The summed E-state index contributed by atoms with van der Waals surface area (Å²) < 4.78 is 0. The SMILES string of the molecule is Cc1cc([N+](=O)[O-])ccc1C(=O)ON1C(=O)CCC1=O. The van der Waals surface area contributed by atoms with E-state index in [-0.39, 0.29) is 24.1 Å². The van der Waals surface area contributed by atoms with E-state index in [1.165, 1.54) is 19.1 Å². The molecule has 0 aromatic heterocycles. The topological polar surface area (TPSA) is 107 Å². The number of hydroxylamine groups is 2. The Morgan fingerprint density at radius 3 is 2.40 bits per heavy atom. The van der Waals surface area contributed by atoms with Gasteiger partial charge >= 0.3 is 5.97 Å². The maximum Gasteiger partial charge on any atom is 0.364 e. The molecule has 2 rings (SSSR count). The second kappa shape index (κ2) is 5.08. The first-order valence-electron chi connectivity index (χ1n) is 5.73. The molecule has 0 bridgehead atoms. The third kappa shape index (κ3) is 2.48. The Labute approximate surface area is 113 Å². The first kappa shape index (κ1) is 13.7. The van der Waals surface area contributed by atoms with Gasteiger partial charge in [0, 0.05) is 25.0 Å². The Hall–Kier alpha value is -2.77. The maximum absolute atomic E-state index is 11.9. The highest BCUT2D eigenvalue weighted by molar-refractivity contribution is 6.03. The van der Waals surface area contributed by atoms with E-state index in [0.29, 0.717) is 10.6 Å². The molecule has 1 aliphatic rings. The molecule has 1 aromatic carbocycles. The van der Waals surface area contributed by atoms with Crippen molar-refractivity contribution in [3.63, 3.8) is 0 Å². The lowest BCUT2D eigenvalue weighted by Crippen LogP contribution is -2.32. The summed E-state index contributed by atoms with van der Waals surface area (Å²) in [4.78, 5) is 49.2. The number of rotatable bonds is 3. The molecule has 0 unspecified atom stereocenters. The number of non-ortho nitro benzene ring substituents is 1. The summed E-state index contributed by atoms with van der Waals surface area (Å²) in [6.45, 7) is 1.50. The lowest BCUT2D eigenvalue weighted by Gasteiger charge is -2.13. The Morgan fingerprint density at radius 2 is 1.90 bits per heavy atom. The van der Waals surface area contributed by atoms with Crippen LogP contribution in [0, 0.1) is 17.0 Å². The largest absolute Gasteiger partial charge is 0.364 e. The van der Waals surface area contributed by atoms with Gasteiger partial charge in [0.1, 0.15) is 0 Å². The van der Waals surface area contributed by atoms with Crippen molar-refractivity contribution in [3.8, 4) is 0 Å². The molecule has 0 aliphatic carbocycles. The molecule has 1 aliphatic heterocycles. The molecule has 104 valence electrons. The second-order valence-corrected chi connectivity index (χ2v) is 4.22. The number of amides is 2. The van der Waals surface area contributed by atoms with Crippen LogP contribution in [-0.4, -0.2) is 27.8 Å². The van der Waals surface area contributed by atoms with Crippen LogP contribution in [0.5, 0.6) is 0 Å². The minimum atomic E-state index is -0.902. The Balaban J connectivity index is 2.19.